The first-order valence-corrected chi connectivity index (χ1v) is 11.1. The van der Waals surface area contributed by atoms with E-state index < -0.39 is 21.9 Å². The van der Waals surface area contributed by atoms with Gasteiger partial charge in [-0.15, -0.1) is 0 Å². The molecule has 0 amide bonds. The first kappa shape index (κ1) is 21.4. The summed E-state index contributed by atoms with van der Waals surface area (Å²) in [4.78, 5) is 12.7. The molecule has 0 atom stereocenters. The summed E-state index contributed by atoms with van der Waals surface area (Å²) in [6, 6.07) is 14.9. The van der Waals surface area contributed by atoms with Gasteiger partial charge in [0.2, 0.25) is 5.43 Å². The average Bonchev–Trinajstić information content (AvgIpc) is 3.23. The summed E-state index contributed by atoms with van der Waals surface area (Å²) in [7, 11) is -3.45. The van der Waals surface area contributed by atoms with Crippen LogP contribution < -0.4 is 10.2 Å². The number of halogens is 2. The molecule has 0 N–H and O–H groups in total. The fourth-order valence-electron chi connectivity index (χ4n) is 3.07. The van der Waals surface area contributed by atoms with E-state index in [1.54, 1.807) is 24.3 Å². The summed E-state index contributed by atoms with van der Waals surface area (Å²) in [6.07, 6.45) is 3.95. The lowest BCUT2D eigenvalue weighted by atomic mass is 10.2. The molecule has 0 unspecified atom stereocenters. The van der Waals surface area contributed by atoms with E-state index in [9.17, 15) is 22.0 Å². The summed E-state index contributed by atoms with van der Waals surface area (Å²) >= 11 is 0. The molecule has 0 aliphatic carbocycles. The molecule has 8 nitrogen and oxygen atoms in total. The molecule has 164 valence electrons. The predicted octanol–water partition coefficient (Wildman–Crippen LogP) is 3.09. The minimum Gasteiger partial charge on any atom is -0.435 e. The van der Waals surface area contributed by atoms with Crippen molar-refractivity contribution in [2.24, 2.45) is 0 Å². The van der Waals surface area contributed by atoms with Gasteiger partial charge in [-0.2, -0.15) is 19.0 Å². The number of sulfone groups is 1. The Bertz CT molecular complexity index is 1450. The Labute approximate surface area is 181 Å². The quantitative estimate of drug-likeness (QED) is 0.441. The molecule has 2 aromatic heterocycles. The van der Waals surface area contributed by atoms with Crippen molar-refractivity contribution in [2.45, 2.75) is 11.5 Å². The van der Waals surface area contributed by atoms with E-state index in [2.05, 4.69) is 14.9 Å². The number of rotatable bonds is 6. The molecule has 0 radical (unpaired) electrons. The Morgan fingerprint density at radius 1 is 1.00 bits per heavy atom. The van der Waals surface area contributed by atoms with Crippen molar-refractivity contribution < 1.29 is 21.9 Å². The summed E-state index contributed by atoms with van der Waals surface area (Å²) in [5.74, 6) is -0.0535. The van der Waals surface area contributed by atoms with Gasteiger partial charge in [0, 0.05) is 24.6 Å². The number of nitrogens with zero attached hydrogens (tertiary/aromatic N) is 4. The predicted molar refractivity (Wildman–Crippen MR) is 112 cm³/mol. The van der Waals surface area contributed by atoms with Crippen LogP contribution in [0, 0.1) is 0 Å². The Kier molecular flexibility index (Phi) is 5.57. The van der Waals surface area contributed by atoms with Gasteiger partial charge in [-0.05, 0) is 36.4 Å². The van der Waals surface area contributed by atoms with Crippen LogP contribution in [0.4, 0.5) is 8.78 Å². The van der Waals surface area contributed by atoms with Crippen molar-refractivity contribution >= 4 is 9.84 Å². The number of hydrogen-bond donors (Lipinski definition) is 0. The Morgan fingerprint density at radius 2 is 1.75 bits per heavy atom. The molecule has 0 spiro atoms. The lowest BCUT2D eigenvalue weighted by Crippen LogP contribution is -2.15. The first-order chi connectivity index (χ1) is 15.2. The van der Waals surface area contributed by atoms with Crippen LogP contribution in [-0.2, 0) is 9.84 Å². The maximum Gasteiger partial charge on any atom is 0.387 e. The van der Waals surface area contributed by atoms with E-state index in [1.165, 1.54) is 58.2 Å². The van der Waals surface area contributed by atoms with Crippen molar-refractivity contribution in [3.05, 3.63) is 83.3 Å². The third-order valence-electron chi connectivity index (χ3n) is 4.49. The molecule has 4 rings (SSSR count). The summed E-state index contributed by atoms with van der Waals surface area (Å²) in [5, 5.41) is 8.55. The number of hydrogen-bond acceptors (Lipinski definition) is 6. The Morgan fingerprint density at radius 3 is 2.50 bits per heavy atom. The molecule has 4 aromatic rings. The van der Waals surface area contributed by atoms with Gasteiger partial charge >= 0.3 is 6.61 Å². The maximum atomic E-state index is 12.6. The topological polar surface area (TPSA) is 96.1 Å². The van der Waals surface area contributed by atoms with Gasteiger partial charge in [0.15, 0.2) is 15.5 Å². The largest absolute Gasteiger partial charge is 0.435 e. The van der Waals surface area contributed by atoms with Crippen LogP contribution in [0.3, 0.4) is 0 Å². The Balaban J connectivity index is 1.79. The van der Waals surface area contributed by atoms with Crippen LogP contribution in [0.5, 0.6) is 5.75 Å². The second kappa shape index (κ2) is 8.35. The van der Waals surface area contributed by atoms with Crippen LogP contribution in [-0.4, -0.2) is 40.8 Å². The first-order valence-electron chi connectivity index (χ1n) is 9.22. The van der Waals surface area contributed by atoms with Gasteiger partial charge in [0.25, 0.3) is 0 Å². The third kappa shape index (κ3) is 4.42. The zero-order chi connectivity index (χ0) is 22.9. The smallest absolute Gasteiger partial charge is 0.387 e. The van der Waals surface area contributed by atoms with Crippen LogP contribution in [0.1, 0.15) is 0 Å². The van der Waals surface area contributed by atoms with Gasteiger partial charge in [-0.1, -0.05) is 12.1 Å². The number of benzene rings is 2. The normalized spacial score (nSPS) is 11.6. The van der Waals surface area contributed by atoms with Gasteiger partial charge in [-0.3, -0.25) is 4.79 Å². The van der Waals surface area contributed by atoms with Crippen LogP contribution in [0.15, 0.2) is 82.7 Å². The molecule has 0 saturated carbocycles. The summed E-state index contributed by atoms with van der Waals surface area (Å²) in [6.45, 7) is -2.97. The van der Waals surface area contributed by atoms with Gasteiger partial charge < -0.3 is 4.74 Å². The van der Waals surface area contributed by atoms with E-state index >= 15 is 0 Å². The molecule has 0 aliphatic rings. The van der Waals surface area contributed by atoms with Crippen LogP contribution >= 0.6 is 0 Å². The summed E-state index contributed by atoms with van der Waals surface area (Å²) < 4.78 is 56.0. The van der Waals surface area contributed by atoms with Crippen molar-refractivity contribution in [3.8, 4) is 28.5 Å². The highest BCUT2D eigenvalue weighted by Crippen LogP contribution is 2.22. The van der Waals surface area contributed by atoms with Crippen molar-refractivity contribution in [1.29, 1.82) is 0 Å². The van der Waals surface area contributed by atoms with Crippen molar-refractivity contribution in [2.75, 3.05) is 6.26 Å². The lowest BCUT2D eigenvalue weighted by molar-refractivity contribution is -0.0498. The highest BCUT2D eigenvalue weighted by atomic mass is 32.2. The standard InChI is InChI=1S/C21H16F2N4O4S/c1-32(29,30)17-7-3-5-15(13-17)27-18(8-10-24-27)20-19(28)9-11-26(25-20)14-4-2-6-16(12-14)31-21(22)23/h2-13,21H,1H3. The van der Waals surface area contributed by atoms with E-state index in [0.717, 1.165) is 6.26 Å². The molecule has 0 saturated heterocycles. The minimum absolute atomic E-state index is 0.0370. The molecule has 2 heterocycles. The highest BCUT2D eigenvalue weighted by molar-refractivity contribution is 7.90. The molecule has 11 heteroatoms. The third-order valence-corrected chi connectivity index (χ3v) is 5.60. The molecule has 0 aliphatic heterocycles. The zero-order valence-corrected chi connectivity index (χ0v) is 17.4. The Hall–Kier alpha value is -3.86. The minimum atomic E-state index is -3.45. The van der Waals surface area contributed by atoms with Crippen LogP contribution in [0.2, 0.25) is 0 Å². The number of ether oxygens (including phenoxy) is 1. The van der Waals surface area contributed by atoms with Crippen LogP contribution in [0.25, 0.3) is 22.8 Å². The highest BCUT2D eigenvalue weighted by Gasteiger charge is 2.16. The van der Waals surface area contributed by atoms with Crippen molar-refractivity contribution in [1.82, 2.24) is 19.6 Å². The van der Waals surface area contributed by atoms with E-state index in [4.69, 9.17) is 0 Å². The average molecular weight is 458 g/mol. The molecule has 0 fully saturated rings. The number of alkyl halides is 2. The monoisotopic (exact) mass is 458 g/mol. The fourth-order valence-corrected chi connectivity index (χ4v) is 3.73. The molecular weight excluding hydrogens is 442 g/mol. The molecular formula is C21H16F2N4O4S. The molecule has 0 bridgehead atoms. The van der Waals surface area contributed by atoms with E-state index in [-0.39, 0.29) is 16.3 Å². The van der Waals surface area contributed by atoms with Gasteiger partial charge in [0.1, 0.15) is 5.75 Å². The second-order valence-electron chi connectivity index (χ2n) is 6.75. The van der Waals surface area contributed by atoms with Crippen molar-refractivity contribution in [3.63, 3.8) is 0 Å². The van der Waals surface area contributed by atoms with E-state index in [0.29, 0.717) is 17.1 Å². The SMILES string of the molecule is CS(=O)(=O)c1cccc(-n2nccc2-c2nn(-c3cccc(OC(F)F)c3)ccc2=O)c1. The number of aromatic nitrogens is 4. The molecule has 2 aromatic carbocycles. The van der Waals surface area contributed by atoms with Gasteiger partial charge in [-0.25, -0.2) is 17.8 Å². The molecule has 32 heavy (non-hydrogen) atoms. The summed E-state index contributed by atoms with van der Waals surface area (Å²) in [5.41, 5.74) is 0.790. The fraction of sp³-hybridized carbons (Fsp3) is 0.0952. The zero-order valence-electron chi connectivity index (χ0n) is 16.6. The lowest BCUT2D eigenvalue weighted by Gasteiger charge is -2.11. The second-order valence-corrected chi connectivity index (χ2v) is 8.76. The van der Waals surface area contributed by atoms with E-state index in [1.807, 2.05) is 0 Å². The maximum absolute atomic E-state index is 12.6. The van der Waals surface area contributed by atoms with Gasteiger partial charge in [0.05, 0.1) is 28.2 Å².